The highest BCUT2D eigenvalue weighted by atomic mass is 19.4. The number of halogens is 3. The third-order valence-corrected chi connectivity index (χ3v) is 6.41. The van der Waals surface area contributed by atoms with Crippen LogP contribution in [0.25, 0.3) is 11.0 Å². The summed E-state index contributed by atoms with van der Waals surface area (Å²) in [6.07, 6.45) is 6.54. The Morgan fingerprint density at radius 2 is 1.89 bits per heavy atom. The van der Waals surface area contributed by atoms with E-state index in [0.717, 1.165) is 25.1 Å². The minimum Gasteiger partial charge on any atom is -0.310 e. The molecular weight excluding hydrogens is 473 g/mol. The van der Waals surface area contributed by atoms with Crippen LogP contribution in [0, 0.1) is 23.7 Å². The SMILES string of the molecule is C#Cc1cnc([C@@H]2CC[C@H]2c2nc3c(c(C#N)nn3[C@@H](C)c3ccc(C(F)(F)F)nc3)c(=O)[nH]2)nc1. The standard InChI is InChI=1S/C24H17F3N8O/c1-3-13-9-30-20(31-10-13)15-5-6-16(15)21-32-22-19(23(36)33-21)17(8-28)34-35(22)12(2)14-4-7-18(29-11-14)24(25,26)27/h1,4,7,9-12,15-16H,5-6H2,2H3,(H,32,33,36)/t12-,15+,16+/m0/s1. The minimum absolute atomic E-state index is 0.0125. The van der Waals surface area contributed by atoms with Crippen molar-refractivity contribution in [1.29, 1.82) is 5.26 Å². The molecule has 0 bridgehead atoms. The summed E-state index contributed by atoms with van der Waals surface area (Å²) < 4.78 is 40.1. The Morgan fingerprint density at radius 3 is 2.44 bits per heavy atom. The molecule has 1 N–H and O–H groups in total. The van der Waals surface area contributed by atoms with Crippen molar-refractivity contribution < 1.29 is 13.2 Å². The number of aromatic nitrogens is 7. The van der Waals surface area contributed by atoms with Crippen molar-refractivity contribution in [2.45, 2.75) is 43.8 Å². The third-order valence-electron chi connectivity index (χ3n) is 6.41. The highest BCUT2D eigenvalue weighted by molar-refractivity contribution is 5.80. The number of rotatable bonds is 4. The number of hydrogen-bond donors (Lipinski definition) is 1. The van der Waals surface area contributed by atoms with Gasteiger partial charge in [0.25, 0.3) is 5.56 Å². The van der Waals surface area contributed by atoms with Crippen molar-refractivity contribution in [2.75, 3.05) is 0 Å². The van der Waals surface area contributed by atoms with Crippen molar-refractivity contribution >= 4 is 11.0 Å². The van der Waals surface area contributed by atoms with Gasteiger partial charge in [-0.05, 0) is 31.4 Å². The van der Waals surface area contributed by atoms with Gasteiger partial charge in [-0.1, -0.05) is 12.0 Å². The molecule has 0 aliphatic heterocycles. The summed E-state index contributed by atoms with van der Waals surface area (Å²) in [5, 5.41) is 13.8. The van der Waals surface area contributed by atoms with Gasteiger partial charge in [-0.2, -0.15) is 23.5 Å². The number of H-pyrrole nitrogens is 1. The molecule has 1 aliphatic rings. The maximum atomic E-state index is 13.0. The van der Waals surface area contributed by atoms with E-state index < -0.39 is 23.5 Å². The van der Waals surface area contributed by atoms with Crippen LogP contribution in [0.5, 0.6) is 0 Å². The van der Waals surface area contributed by atoms with E-state index in [-0.39, 0.29) is 28.6 Å². The van der Waals surface area contributed by atoms with E-state index >= 15 is 0 Å². The molecule has 0 aromatic carbocycles. The first-order chi connectivity index (χ1) is 17.2. The lowest BCUT2D eigenvalue weighted by atomic mass is 9.72. The topological polar surface area (TPSA) is 126 Å². The first-order valence-corrected chi connectivity index (χ1v) is 11.0. The molecular formula is C24H17F3N8O. The van der Waals surface area contributed by atoms with Crippen LogP contribution in [0.2, 0.25) is 0 Å². The number of pyridine rings is 1. The van der Waals surface area contributed by atoms with Crippen molar-refractivity contribution in [3.8, 4) is 18.4 Å². The third kappa shape index (κ3) is 3.86. The average molecular weight is 490 g/mol. The monoisotopic (exact) mass is 490 g/mol. The smallest absolute Gasteiger partial charge is 0.310 e. The fourth-order valence-electron chi connectivity index (χ4n) is 4.29. The van der Waals surface area contributed by atoms with Crippen LogP contribution in [0.3, 0.4) is 0 Å². The summed E-state index contributed by atoms with van der Waals surface area (Å²) in [6.45, 7) is 1.67. The predicted molar refractivity (Wildman–Crippen MR) is 121 cm³/mol. The summed E-state index contributed by atoms with van der Waals surface area (Å²) in [7, 11) is 0. The van der Waals surface area contributed by atoms with E-state index in [2.05, 4.69) is 35.9 Å². The highest BCUT2D eigenvalue weighted by Crippen LogP contribution is 2.46. The number of alkyl halides is 3. The minimum atomic E-state index is -4.57. The Balaban J connectivity index is 1.55. The van der Waals surface area contributed by atoms with Crippen LogP contribution < -0.4 is 5.56 Å². The molecule has 0 spiro atoms. The molecule has 3 atom stereocenters. The van der Waals surface area contributed by atoms with Crippen molar-refractivity contribution in [3.05, 3.63) is 75.2 Å². The van der Waals surface area contributed by atoms with Gasteiger partial charge in [0.2, 0.25) is 0 Å². The van der Waals surface area contributed by atoms with E-state index in [1.54, 1.807) is 19.3 Å². The first kappa shape index (κ1) is 23.2. The Labute approximate surface area is 202 Å². The van der Waals surface area contributed by atoms with Gasteiger partial charge in [-0.25, -0.2) is 19.6 Å². The number of aromatic amines is 1. The molecule has 4 aromatic rings. The quantitative estimate of drug-likeness (QED) is 0.434. The second-order valence-electron chi connectivity index (χ2n) is 8.47. The van der Waals surface area contributed by atoms with Gasteiger partial charge in [0.05, 0.1) is 11.6 Å². The Bertz CT molecular complexity index is 1590. The molecule has 180 valence electrons. The molecule has 1 fully saturated rings. The zero-order valence-corrected chi connectivity index (χ0v) is 18.8. The van der Waals surface area contributed by atoms with E-state index in [0.29, 0.717) is 22.8 Å². The van der Waals surface area contributed by atoms with Crippen LogP contribution in [0.1, 0.15) is 71.8 Å². The molecule has 4 heterocycles. The summed E-state index contributed by atoms with van der Waals surface area (Å²) in [6, 6.07) is 3.41. The fourth-order valence-corrected chi connectivity index (χ4v) is 4.29. The maximum Gasteiger partial charge on any atom is 0.433 e. The molecule has 12 heteroatoms. The molecule has 0 amide bonds. The average Bonchev–Trinajstić information content (AvgIpc) is 3.22. The number of hydrogen-bond acceptors (Lipinski definition) is 7. The molecule has 9 nitrogen and oxygen atoms in total. The molecule has 5 rings (SSSR count). The molecule has 0 radical (unpaired) electrons. The molecule has 1 saturated carbocycles. The normalized spacial score (nSPS) is 18.3. The van der Waals surface area contributed by atoms with Gasteiger partial charge in [-0.15, -0.1) is 6.42 Å². The van der Waals surface area contributed by atoms with Crippen LogP contribution in [0.15, 0.2) is 35.5 Å². The number of nitrogens with one attached hydrogen (secondary N) is 1. The van der Waals surface area contributed by atoms with Crippen LogP contribution in [0.4, 0.5) is 13.2 Å². The van der Waals surface area contributed by atoms with E-state index in [1.165, 1.54) is 10.7 Å². The van der Waals surface area contributed by atoms with Crippen LogP contribution >= 0.6 is 0 Å². The van der Waals surface area contributed by atoms with Gasteiger partial charge < -0.3 is 4.98 Å². The molecule has 0 unspecified atom stereocenters. The Kier molecular flexibility index (Phi) is 5.52. The summed E-state index contributed by atoms with van der Waals surface area (Å²) in [5.41, 5.74) is -0.551. The molecule has 0 saturated heterocycles. The second-order valence-corrected chi connectivity index (χ2v) is 8.47. The van der Waals surface area contributed by atoms with Gasteiger partial charge in [0.15, 0.2) is 11.3 Å². The predicted octanol–water partition coefficient (Wildman–Crippen LogP) is 3.45. The molecule has 36 heavy (non-hydrogen) atoms. The zero-order valence-electron chi connectivity index (χ0n) is 18.8. The number of nitriles is 1. The van der Waals surface area contributed by atoms with Gasteiger partial charge >= 0.3 is 6.18 Å². The maximum absolute atomic E-state index is 13.0. The summed E-state index contributed by atoms with van der Waals surface area (Å²) >= 11 is 0. The number of nitrogens with zero attached hydrogens (tertiary/aromatic N) is 7. The van der Waals surface area contributed by atoms with Gasteiger partial charge in [0, 0.05) is 30.4 Å². The summed E-state index contributed by atoms with van der Waals surface area (Å²) in [4.78, 5) is 32.6. The lowest BCUT2D eigenvalue weighted by Gasteiger charge is -2.34. The molecule has 1 aliphatic carbocycles. The second kappa shape index (κ2) is 8.57. The number of fused-ring (bicyclic) bond motifs is 1. The lowest BCUT2D eigenvalue weighted by Crippen LogP contribution is -2.28. The first-order valence-electron chi connectivity index (χ1n) is 11.0. The van der Waals surface area contributed by atoms with E-state index in [4.69, 9.17) is 6.42 Å². The lowest BCUT2D eigenvalue weighted by molar-refractivity contribution is -0.141. The zero-order chi connectivity index (χ0) is 25.6. The fraction of sp³-hybridized carbons (Fsp3) is 0.292. The number of terminal acetylenes is 1. The Morgan fingerprint density at radius 1 is 1.17 bits per heavy atom. The van der Waals surface area contributed by atoms with E-state index in [1.807, 2.05) is 6.07 Å². The Hall–Kier alpha value is -4.58. The highest BCUT2D eigenvalue weighted by Gasteiger charge is 2.38. The van der Waals surface area contributed by atoms with Crippen LogP contribution in [-0.2, 0) is 6.18 Å². The van der Waals surface area contributed by atoms with Crippen molar-refractivity contribution in [3.63, 3.8) is 0 Å². The summed E-state index contributed by atoms with van der Waals surface area (Å²) in [5.74, 6) is 3.20. The van der Waals surface area contributed by atoms with Crippen molar-refractivity contribution in [2.24, 2.45) is 0 Å². The van der Waals surface area contributed by atoms with Crippen LogP contribution in [-0.4, -0.2) is 34.7 Å². The van der Waals surface area contributed by atoms with E-state index in [9.17, 15) is 23.2 Å². The largest absolute Gasteiger partial charge is 0.433 e. The van der Waals surface area contributed by atoms with Gasteiger partial charge in [-0.3, -0.25) is 9.78 Å². The van der Waals surface area contributed by atoms with Crippen molar-refractivity contribution in [1.82, 2.24) is 34.7 Å². The molecule has 4 aromatic heterocycles. The van der Waals surface area contributed by atoms with Gasteiger partial charge in [0.1, 0.15) is 28.8 Å².